The predicted octanol–water partition coefficient (Wildman–Crippen LogP) is 3.17. The second-order valence-electron chi connectivity index (χ2n) is 4.16. The van der Waals surface area contributed by atoms with Crippen LogP contribution in [-0.2, 0) is 7.05 Å². The minimum Gasteiger partial charge on any atom is -0.258 e. The molecule has 0 bridgehead atoms. The van der Waals surface area contributed by atoms with Gasteiger partial charge in [-0.1, -0.05) is 32.5 Å². The summed E-state index contributed by atoms with van der Waals surface area (Å²) in [5, 5.41) is 16.1. The first kappa shape index (κ1) is 14.3. The third-order valence-corrected chi connectivity index (χ3v) is 4.15. The van der Waals surface area contributed by atoms with Crippen molar-refractivity contribution in [3.05, 3.63) is 15.8 Å². The molecule has 5 nitrogen and oxygen atoms in total. The summed E-state index contributed by atoms with van der Waals surface area (Å²) in [6, 6.07) is 0. The van der Waals surface area contributed by atoms with Gasteiger partial charge < -0.3 is 0 Å². The van der Waals surface area contributed by atoms with Gasteiger partial charge in [-0.05, 0) is 0 Å². The first-order chi connectivity index (χ1) is 7.88. The topological polar surface area (TPSA) is 61.0 Å². The molecule has 0 radical (unpaired) electrons. The van der Waals surface area contributed by atoms with Gasteiger partial charge in [0, 0.05) is 24.1 Å². The van der Waals surface area contributed by atoms with Crippen molar-refractivity contribution in [1.82, 2.24) is 9.78 Å². The third-order valence-electron chi connectivity index (χ3n) is 2.26. The van der Waals surface area contributed by atoms with Gasteiger partial charge >= 0.3 is 5.69 Å². The van der Waals surface area contributed by atoms with E-state index in [1.807, 2.05) is 20.8 Å². The van der Waals surface area contributed by atoms with E-state index in [2.05, 4.69) is 5.10 Å². The highest BCUT2D eigenvalue weighted by atomic mass is 35.5. The van der Waals surface area contributed by atoms with Gasteiger partial charge in [-0.15, -0.1) is 11.6 Å². The molecule has 0 spiro atoms. The molecular formula is C10H16ClN3O2S. The van der Waals surface area contributed by atoms with E-state index in [0.29, 0.717) is 16.6 Å². The number of hydrogen-bond donors (Lipinski definition) is 0. The molecule has 1 aromatic rings. The number of aryl methyl sites for hydroxylation is 1. The Hall–Kier alpha value is -0.750. The van der Waals surface area contributed by atoms with Crippen LogP contribution in [0.15, 0.2) is 5.03 Å². The van der Waals surface area contributed by atoms with Crippen LogP contribution in [0, 0.1) is 10.1 Å². The Labute approximate surface area is 110 Å². The fourth-order valence-electron chi connectivity index (χ4n) is 1.43. The van der Waals surface area contributed by atoms with Crippen LogP contribution in [-0.4, -0.2) is 25.8 Å². The second-order valence-corrected chi connectivity index (χ2v) is 5.89. The standard InChI is InChI=1S/C10H16ClN3O2S/c1-6(2)8-9(14(15)16)10(13(4)12-8)17-7(3)5-11/h6-7H,5H2,1-4H3. The van der Waals surface area contributed by atoms with E-state index in [4.69, 9.17) is 11.6 Å². The van der Waals surface area contributed by atoms with Gasteiger partial charge in [-0.3, -0.25) is 14.8 Å². The van der Waals surface area contributed by atoms with Crippen LogP contribution in [0.5, 0.6) is 0 Å². The number of thioether (sulfide) groups is 1. The molecule has 1 aromatic heterocycles. The Morgan fingerprint density at radius 2 is 2.12 bits per heavy atom. The van der Waals surface area contributed by atoms with Crippen LogP contribution < -0.4 is 0 Å². The quantitative estimate of drug-likeness (QED) is 0.359. The fraction of sp³-hybridized carbons (Fsp3) is 0.700. The lowest BCUT2D eigenvalue weighted by Gasteiger charge is -2.06. The summed E-state index contributed by atoms with van der Waals surface area (Å²) >= 11 is 7.13. The molecule has 0 aromatic carbocycles. The molecule has 0 saturated carbocycles. The molecule has 0 aliphatic carbocycles. The summed E-state index contributed by atoms with van der Waals surface area (Å²) in [7, 11) is 1.72. The number of nitro groups is 1. The summed E-state index contributed by atoms with van der Waals surface area (Å²) in [5.41, 5.74) is 0.645. The van der Waals surface area contributed by atoms with Crippen molar-refractivity contribution < 1.29 is 4.92 Å². The Balaban J connectivity index is 3.23. The zero-order valence-corrected chi connectivity index (χ0v) is 11.9. The minimum atomic E-state index is -0.356. The Bertz CT molecular complexity index is 420. The average molecular weight is 278 g/mol. The van der Waals surface area contributed by atoms with Gasteiger partial charge in [0.2, 0.25) is 0 Å². The number of rotatable bonds is 5. The van der Waals surface area contributed by atoms with E-state index in [1.165, 1.54) is 11.8 Å². The average Bonchev–Trinajstić information content (AvgIpc) is 2.56. The van der Waals surface area contributed by atoms with E-state index in [1.54, 1.807) is 11.7 Å². The monoisotopic (exact) mass is 277 g/mol. The van der Waals surface area contributed by atoms with Crippen LogP contribution in [0.2, 0.25) is 0 Å². The number of aromatic nitrogens is 2. The van der Waals surface area contributed by atoms with Gasteiger partial charge in [0.25, 0.3) is 0 Å². The maximum Gasteiger partial charge on any atom is 0.324 e. The highest BCUT2D eigenvalue weighted by Gasteiger charge is 2.29. The molecule has 96 valence electrons. The van der Waals surface area contributed by atoms with Gasteiger partial charge in [0.05, 0.1) is 4.92 Å². The van der Waals surface area contributed by atoms with Crippen LogP contribution >= 0.6 is 23.4 Å². The number of halogens is 1. The largest absolute Gasteiger partial charge is 0.324 e. The molecule has 17 heavy (non-hydrogen) atoms. The zero-order chi connectivity index (χ0) is 13.2. The highest BCUT2D eigenvalue weighted by molar-refractivity contribution is 8.00. The maximum absolute atomic E-state index is 11.1. The first-order valence-corrected chi connectivity index (χ1v) is 6.73. The SMILES string of the molecule is CC(CCl)Sc1c([N+](=O)[O-])c(C(C)C)nn1C. The fourth-order valence-corrected chi connectivity index (χ4v) is 2.55. The summed E-state index contributed by atoms with van der Waals surface area (Å²) in [5.74, 6) is 0.478. The Morgan fingerprint density at radius 1 is 1.53 bits per heavy atom. The van der Waals surface area contributed by atoms with Crippen molar-refractivity contribution in [3.8, 4) is 0 Å². The normalized spacial score (nSPS) is 13.1. The number of alkyl halides is 1. The second kappa shape index (κ2) is 5.73. The van der Waals surface area contributed by atoms with Crippen LogP contribution in [0.25, 0.3) is 0 Å². The van der Waals surface area contributed by atoms with Gasteiger partial charge in [0.1, 0.15) is 5.69 Å². The van der Waals surface area contributed by atoms with Crippen LogP contribution in [0.4, 0.5) is 5.69 Å². The third kappa shape index (κ3) is 3.13. The van der Waals surface area contributed by atoms with Crippen molar-refractivity contribution in [2.24, 2.45) is 7.05 Å². The molecule has 0 N–H and O–H groups in total. The van der Waals surface area contributed by atoms with E-state index in [9.17, 15) is 10.1 Å². The van der Waals surface area contributed by atoms with Gasteiger partial charge in [-0.25, -0.2) is 0 Å². The molecule has 7 heteroatoms. The molecule has 0 aliphatic heterocycles. The molecule has 1 rings (SSSR count). The summed E-state index contributed by atoms with van der Waals surface area (Å²) in [4.78, 5) is 10.8. The zero-order valence-electron chi connectivity index (χ0n) is 10.3. The maximum atomic E-state index is 11.1. The molecule has 0 fully saturated rings. The lowest BCUT2D eigenvalue weighted by atomic mass is 10.1. The van der Waals surface area contributed by atoms with Crippen molar-refractivity contribution in [2.45, 2.75) is 37.0 Å². The molecule has 0 saturated heterocycles. The first-order valence-electron chi connectivity index (χ1n) is 5.32. The Morgan fingerprint density at radius 3 is 2.53 bits per heavy atom. The van der Waals surface area contributed by atoms with E-state index >= 15 is 0 Å². The van der Waals surface area contributed by atoms with Crippen LogP contribution in [0.3, 0.4) is 0 Å². The van der Waals surface area contributed by atoms with Gasteiger partial charge in [-0.2, -0.15) is 5.10 Å². The lowest BCUT2D eigenvalue weighted by molar-refractivity contribution is -0.388. The van der Waals surface area contributed by atoms with Crippen LogP contribution in [0.1, 0.15) is 32.4 Å². The highest BCUT2D eigenvalue weighted by Crippen LogP contribution is 2.37. The molecule has 1 unspecified atom stereocenters. The van der Waals surface area contributed by atoms with Crippen molar-refractivity contribution in [3.63, 3.8) is 0 Å². The van der Waals surface area contributed by atoms with E-state index in [-0.39, 0.29) is 21.8 Å². The predicted molar refractivity (Wildman–Crippen MR) is 70.0 cm³/mol. The summed E-state index contributed by atoms with van der Waals surface area (Å²) in [6.07, 6.45) is 0. The molecular weight excluding hydrogens is 262 g/mol. The number of nitrogens with zero attached hydrogens (tertiary/aromatic N) is 3. The Kier molecular flexibility index (Phi) is 4.82. The lowest BCUT2D eigenvalue weighted by Crippen LogP contribution is -2.02. The molecule has 0 amide bonds. The van der Waals surface area contributed by atoms with Crippen molar-refractivity contribution >= 4 is 29.1 Å². The summed E-state index contributed by atoms with van der Waals surface area (Å²) in [6.45, 7) is 5.73. The van der Waals surface area contributed by atoms with Crippen molar-refractivity contribution in [2.75, 3.05) is 5.88 Å². The van der Waals surface area contributed by atoms with Crippen molar-refractivity contribution in [1.29, 1.82) is 0 Å². The summed E-state index contributed by atoms with van der Waals surface area (Å²) < 4.78 is 1.57. The minimum absolute atomic E-state index is 0.0299. The number of hydrogen-bond acceptors (Lipinski definition) is 4. The van der Waals surface area contributed by atoms with E-state index in [0.717, 1.165) is 0 Å². The van der Waals surface area contributed by atoms with E-state index < -0.39 is 0 Å². The smallest absolute Gasteiger partial charge is 0.258 e. The molecule has 0 aliphatic rings. The van der Waals surface area contributed by atoms with Gasteiger partial charge in [0.15, 0.2) is 5.03 Å². The molecule has 1 heterocycles. The molecule has 1 atom stereocenters.